The van der Waals surface area contributed by atoms with Crippen LogP contribution in [0.2, 0.25) is 0 Å². The molecule has 0 aliphatic carbocycles. The van der Waals surface area contributed by atoms with Gasteiger partial charge in [-0.05, 0) is 48.9 Å². The van der Waals surface area contributed by atoms with E-state index in [0.29, 0.717) is 0 Å². The van der Waals surface area contributed by atoms with Gasteiger partial charge >= 0.3 is 0 Å². The summed E-state index contributed by atoms with van der Waals surface area (Å²) in [6.07, 6.45) is 4.91. The molecule has 0 bridgehead atoms. The molecular formula is C42H43IrN2O2-. The topological polar surface area (TPSA) is 54.6 Å². The molecule has 47 heavy (non-hydrogen) atoms. The summed E-state index contributed by atoms with van der Waals surface area (Å²) < 4.78 is 2.43. The Balaban J connectivity index is 0.000000234. The number of para-hydroxylation sites is 2. The Labute approximate surface area is 291 Å². The van der Waals surface area contributed by atoms with Crippen LogP contribution in [0, 0.1) is 31.7 Å². The molecule has 1 radical (unpaired) electrons. The molecule has 0 fully saturated rings. The number of aryl methyl sites for hydroxylation is 2. The number of carbonyl (C=O) groups excluding carboxylic acids is 1. The molecule has 0 saturated heterocycles. The largest absolute Gasteiger partial charge is 0.512 e. The molecule has 4 aromatic carbocycles. The maximum atomic E-state index is 11.7. The second-order valence-corrected chi connectivity index (χ2v) is 12.5. The van der Waals surface area contributed by atoms with Crippen LogP contribution in [0.25, 0.3) is 60.3 Å². The van der Waals surface area contributed by atoms with Crippen LogP contribution in [0.4, 0.5) is 0 Å². The van der Waals surface area contributed by atoms with Gasteiger partial charge in [0.05, 0.1) is 22.3 Å². The van der Waals surface area contributed by atoms with Crippen molar-refractivity contribution in [2.45, 2.75) is 67.2 Å². The fourth-order valence-electron chi connectivity index (χ4n) is 7.10. The standard InChI is InChI=1S/C29H19N2.C13H24O2.Ir/c1-17-13-18(2)15-19(14-17)25-16-27-28-21(8-6-11-24(28)30-25)23-10-5-9-22-20-7-3-4-12-26(20)31(27)29(22)23;1-5-10(6-2)12(14)9-13(15)11(7-3)8-4;/h3-14,16H,1-2H3;9-11,14H,5-8H2,1-4H3;/q-1;;/b;12-9-;. The van der Waals surface area contributed by atoms with Crippen LogP contribution >= 0.6 is 0 Å². The molecule has 0 unspecified atom stereocenters. The summed E-state index contributed by atoms with van der Waals surface area (Å²) in [5.41, 5.74) is 9.14. The quantitative estimate of drug-likeness (QED) is 0.0548. The Hall–Kier alpha value is -4.05. The van der Waals surface area contributed by atoms with Crippen molar-refractivity contribution >= 4 is 54.8 Å². The molecule has 7 rings (SSSR count). The van der Waals surface area contributed by atoms with Crippen molar-refractivity contribution in [2.75, 3.05) is 0 Å². The summed E-state index contributed by atoms with van der Waals surface area (Å²) in [7, 11) is 0. The zero-order chi connectivity index (χ0) is 32.5. The van der Waals surface area contributed by atoms with Gasteiger partial charge < -0.3 is 9.51 Å². The van der Waals surface area contributed by atoms with Gasteiger partial charge in [-0.15, -0.1) is 34.9 Å². The monoisotopic (exact) mass is 800 g/mol. The zero-order valence-corrected chi connectivity index (χ0v) is 30.5. The van der Waals surface area contributed by atoms with Gasteiger partial charge in [-0.2, -0.15) is 0 Å². The average molecular weight is 800 g/mol. The number of pyridine rings is 2. The summed E-state index contributed by atoms with van der Waals surface area (Å²) in [6.45, 7) is 12.3. The first-order valence-electron chi connectivity index (χ1n) is 16.7. The minimum Gasteiger partial charge on any atom is -0.512 e. The SMILES string of the molecule is CCC(CC)C(=O)/C=C(\O)C(CC)CC.Cc1[c-]c(-c2cc3c4c(cccc4c4cccc5c6ccccc6n3c45)n2)cc(C)c1.[Ir]. The van der Waals surface area contributed by atoms with Gasteiger partial charge in [0.1, 0.15) is 0 Å². The minimum absolute atomic E-state index is 0. The molecule has 0 aliphatic heterocycles. The van der Waals surface area contributed by atoms with Crippen LogP contribution in [0.5, 0.6) is 0 Å². The van der Waals surface area contributed by atoms with Gasteiger partial charge in [-0.3, -0.25) is 9.78 Å². The number of aliphatic hydroxyl groups excluding tert-OH is 1. The number of aromatic nitrogens is 2. The van der Waals surface area contributed by atoms with E-state index in [0.717, 1.165) is 48.0 Å². The van der Waals surface area contributed by atoms with Crippen LogP contribution in [-0.4, -0.2) is 20.3 Å². The fourth-order valence-corrected chi connectivity index (χ4v) is 7.10. The normalized spacial score (nSPS) is 12.0. The van der Waals surface area contributed by atoms with Crippen molar-refractivity contribution < 1.29 is 30.0 Å². The Morgan fingerprint density at radius 2 is 1.40 bits per heavy atom. The van der Waals surface area contributed by atoms with Crippen LogP contribution in [-0.2, 0) is 24.9 Å². The molecule has 0 amide bonds. The number of benzene rings is 4. The zero-order valence-electron chi connectivity index (χ0n) is 28.1. The van der Waals surface area contributed by atoms with E-state index in [9.17, 15) is 9.90 Å². The first-order valence-corrected chi connectivity index (χ1v) is 16.7. The minimum atomic E-state index is 0. The molecule has 4 nitrogen and oxygen atoms in total. The summed E-state index contributed by atoms with van der Waals surface area (Å²) in [5, 5.41) is 16.1. The molecule has 0 aliphatic rings. The van der Waals surface area contributed by atoms with E-state index < -0.39 is 0 Å². The van der Waals surface area contributed by atoms with E-state index in [1.54, 1.807) is 0 Å². The average Bonchev–Trinajstić information content (AvgIpc) is 3.39. The van der Waals surface area contributed by atoms with Gasteiger partial charge in [0.15, 0.2) is 5.78 Å². The van der Waals surface area contributed by atoms with Gasteiger partial charge in [-0.1, -0.05) is 96.1 Å². The second-order valence-electron chi connectivity index (χ2n) is 12.5. The van der Waals surface area contributed by atoms with Gasteiger partial charge in [-0.25, -0.2) is 0 Å². The van der Waals surface area contributed by atoms with Crippen LogP contribution in [0.1, 0.15) is 64.5 Å². The number of aliphatic hydroxyl groups is 1. The number of allylic oxidation sites excluding steroid dienone is 2. The first kappa shape index (κ1) is 34.3. The van der Waals surface area contributed by atoms with E-state index in [1.807, 2.05) is 27.7 Å². The molecule has 0 spiro atoms. The third kappa shape index (κ3) is 6.32. The second kappa shape index (κ2) is 14.4. The Morgan fingerprint density at radius 3 is 2.09 bits per heavy atom. The smallest absolute Gasteiger partial charge is 0.162 e. The molecule has 3 heterocycles. The molecule has 1 N–H and O–H groups in total. The van der Waals surface area contributed by atoms with Crippen molar-refractivity contribution in [3.63, 3.8) is 0 Å². The molecule has 5 heteroatoms. The Morgan fingerprint density at radius 1 is 0.787 bits per heavy atom. The van der Waals surface area contributed by atoms with E-state index in [1.165, 1.54) is 55.1 Å². The number of nitrogens with zero attached hydrogens (tertiary/aromatic N) is 2. The van der Waals surface area contributed by atoms with Gasteiger partial charge in [0.2, 0.25) is 0 Å². The summed E-state index contributed by atoms with van der Waals surface area (Å²) in [4.78, 5) is 16.8. The summed E-state index contributed by atoms with van der Waals surface area (Å²) >= 11 is 0. The van der Waals surface area contributed by atoms with Crippen LogP contribution < -0.4 is 0 Å². The van der Waals surface area contributed by atoms with Crippen molar-refractivity contribution in [3.05, 3.63) is 108 Å². The molecular weight excluding hydrogens is 757 g/mol. The number of rotatable bonds is 8. The van der Waals surface area contributed by atoms with Crippen LogP contribution in [0.3, 0.4) is 0 Å². The number of ketones is 1. The van der Waals surface area contributed by atoms with E-state index in [-0.39, 0.29) is 43.5 Å². The maximum Gasteiger partial charge on any atom is 0.162 e. The van der Waals surface area contributed by atoms with E-state index in [2.05, 4.69) is 103 Å². The van der Waals surface area contributed by atoms with Gasteiger partial charge in [0, 0.05) is 65.1 Å². The molecule has 0 atom stereocenters. The van der Waals surface area contributed by atoms with E-state index in [4.69, 9.17) is 4.98 Å². The molecule has 7 aromatic rings. The van der Waals surface area contributed by atoms with E-state index >= 15 is 0 Å². The third-order valence-electron chi connectivity index (χ3n) is 9.54. The number of fused-ring (bicyclic) bond motifs is 5. The molecule has 0 saturated carbocycles. The fraction of sp³-hybridized carbons (Fsp3) is 0.286. The molecule has 243 valence electrons. The first-order chi connectivity index (χ1) is 22.3. The van der Waals surface area contributed by atoms with Crippen molar-refractivity contribution in [2.24, 2.45) is 11.8 Å². The predicted molar refractivity (Wildman–Crippen MR) is 194 cm³/mol. The number of hydrogen-bond donors (Lipinski definition) is 1. The third-order valence-corrected chi connectivity index (χ3v) is 9.54. The number of hydrogen-bond acceptors (Lipinski definition) is 3. The summed E-state index contributed by atoms with van der Waals surface area (Å²) in [6, 6.07) is 31.9. The maximum absolute atomic E-state index is 11.7. The Bertz CT molecular complexity index is 2200. The number of carbonyl (C=O) groups is 1. The predicted octanol–water partition coefficient (Wildman–Crippen LogP) is 11.3. The van der Waals surface area contributed by atoms with Crippen molar-refractivity contribution in [1.29, 1.82) is 0 Å². The van der Waals surface area contributed by atoms with Crippen molar-refractivity contribution in [3.8, 4) is 11.3 Å². The Kier molecular flexibility index (Phi) is 10.5. The summed E-state index contributed by atoms with van der Waals surface area (Å²) in [5.74, 6) is 0.547. The van der Waals surface area contributed by atoms with Crippen LogP contribution in [0.15, 0.2) is 90.7 Å². The van der Waals surface area contributed by atoms with Crippen molar-refractivity contribution in [1.82, 2.24) is 9.38 Å². The van der Waals surface area contributed by atoms with Gasteiger partial charge in [0.25, 0.3) is 0 Å². The molecule has 3 aromatic heterocycles.